The third-order valence-electron chi connectivity index (χ3n) is 5.30. The zero-order valence-electron chi connectivity index (χ0n) is 14.6. The van der Waals surface area contributed by atoms with Crippen molar-refractivity contribution in [1.29, 1.82) is 0 Å². The first-order valence-electron chi connectivity index (χ1n) is 8.63. The maximum absolute atomic E-state index is 12.9. The number of amides is 1. The van der Waals surface area contributed by atoms with Crippen LogP contribution in [0.1, 0.15) is 51.5 Å². The third-order valence-corrected chi connectivity index (χ3v) is 5.30. The van der Waals surface area contributed by atoms with E-state index < -0.39 is 11.5 Å². The minimum absolute atomic E-state index is 0. The number of ketones is 1. The highest BCUT2D eigenvalue weighted by Crippen LogP contribution is 2.41. The molecule has 0 aliphatic heterocycles. The average molecular weight is 353 g/mol. The Morgan fingerprint density at radius 1 is 1.21 bits per heavy atom. The van der Waals surface area contributed by atoms with Crippen LogP contribution in [0.4, 0.5) is 0 Å². The van der Waals surface area contributed by atoms with Crippen molar-refractivity contribution in [2.24, 2.45) is 11.7 Å². The molecule has 1 aliphatic carbocycles. The van der Waals surface area contributed by atoms with Crippen LogP contribution in [-0.2, 0) is 15.0 Å². The minimum Gasteiger partial charge on any atom is -0.348 e. The van der Waals surface area contributed by atoms with Crippen molar-refractivity contribution < 1.29 is 9.59 Å². The van der Waals surface area contributed by atoms with E-state index in [0.29, 0.717) is 0 Å². The Kier molecular flexibility index (Phi) is 7.91. The number of rotatable bonds is 7. The number of hydrogen-bond donors (Lipinski definition) is 2. The van der Waals surface area contributed by atoms with Crippen molar-refractivity contribution in [3.8, 4) is 0 Å². The van der Waals surface area contributed by atoms with Gasteiger partial charge in [-0.2, -0.15) is 0 Å². The van der Waals surface area contributed by atoms with Gasteiger partial charge in [-0.15, -0.1) is 12.4 Å². The monoisotopic (exact) mass is 352 g/mol. The summed E-state index contributed by atoms with van der Waals surface area (Å²) >= 11 is 0. The highest BCUT2D eigenvalue weighted by Gasteiger charge is 2.42. The second-order valence-corrected chi connectivity index (χ2v) is 6.71. The van der Waals surface area contributed by atoms with Gasteiger partial charge in [0, 0.05) is 0 Å². The van der Waals surface area contributed by atoms with Gasteiger partial charge in [-0.1, -0.05) is 63.4 Å². The number of carbonyl (C=O) groups excluding carboxylic acids is 2. The van der Waals surface area contributed by atoms with Crippen molar-refractivity contribution >= 4 is 24.1 Å². The fourth-order valence-electron chi connectivity index (χ4n) is 3.43. The molecule has 5 heteroatoms. The fraction of sp³-hybridized carbons (Fsp3) is 0.579. The summed E-state index contributed by atoms with van der Waals surface area (Å²) in [6.45, 7) is 4.03. The third kappa shape index (κ3) is 4.37. The van der Waals surface area contributed by atoms with Gasteiger partial charge < -0.3 is 11.1 Å². The largest absolute Gasteiger partial charge is 0.348 e. The van der Waals surface area contributed by atoms with Crippen molar-refractivity contribution in [1.82, 2.24) is 5.32 Å². The zero-order chi connectivity index (χ0) is 16.9. The first-order chi connectivity index (χ1) is 11.0. The number of carbonyl (C=O) groups is 2. The van der Waals surface area contributed by atoms with Crippen LogP contribution in [0.5, 0.6) is 0 Å². The molecule has 2 atom stereocenters. The number of benzene rings is 1. The van der Waals surface area contributed by atoms with Crippen LogP contribution in [0.3, 0.4) is 0 Å². The van der Waals surface area contributed by atoms with E-state index in [-0.39, 0.29) is 36.6 Å². The molecule has 1 amide bonds. The molecule has 0 heterocycles. The molecule has 2 rings (SSSR count). The Bertz CT molecular complexity index is 542. The summed E-state index contributed by atoms with van der Waals surface area (Å²) in [4.78, 5) is 25.0. The Morgan fingerprint density at radius 3 is 2.33 bits per heavy atom. The molecule has 0 bridgehead atoms. The number of nitrogens with two attached hydrogens (primary N) is 1. The fourth-order valence-corrected chi connectivity index (χ4v) is 3.43. The minimum atomic E-state index is -0.552. The molecular formula is C19H29ClN2O2. The van der Waals surface area contributed by atoms with Gasteiger partial charge in [0.25, 0.3) is 0 Å². The topological polar surface area (TPSA) is 72.2 Å². The lowest BCUT2D eigenvalue weighted by molar-refractivity contribution is -0.129. The van der Waals surface area contributed by atoms with E-state index >= 15 is 0 Å². The molecule has 0 spiro atoms. The number of halogens is 1. The molecule has 1 saturated carbocycles. The molecule has 0 radical (unpaired) electrons. The van der Waals surface area contributed by atoms with Gasteiger partial charge in [0.2, 0.25) is 5.91 Å². The average Bonchev–Trinajstić information content (AvgIpc) is 3.09. The summed E-state index contributed by atoms with van der Waals surface area (Å²) in [5, 5.41) is 2.76. The van der Waals surface area contributed by atoms with Gasteiger partial charge in [0.05, 0.1) is 18.0 Å². The first kappa shape index (κ1) is 20.7. The molecule has 0 saturated heterocycles. The van der Waals surface area contributed by atoms with Crippen molar-refractivity contribution in [2.75, 3.05) is 6.54 Å². The molecule has 4 nitrogen and oxygen atoms in total. The van der Waals surface area contributed by atoms with E-state index in [0.717, 1.165) is 37.7 Å². The number of nitrogens with one attached hydrogen (secondary N) is 1. The lowest BCUT2D eigenvalue weighted by Crippen LogP contribution is -2.48. The zero-order valence-corrected chi connectivity index (χ0v) is 15.4. The van der Waals surface area contributed by atoms with Gasteiger partial charge in [-0.05, 0) is 24.3 Å². The van der Waals surface area contributed by atoms with E-state index in [2.05, 4.69) is 5.32 Å². The lowest BCUT2D eigenvalue weighted by atomic mass is 9.75. The van der Waals surface area contributed by atoms with E-state index in [1.807, 2.05) is 44.2 Å². The molecule has 1 aliphatic rings. The van der Waals surface area contributed by atoms with Gasteiger partial charge in [-0.3, -0.25) is 9.59 Å². The summed E-state index contributed by atoms with van der Waals surface area (Å²) in [5.74, 6) is -0.0144. The molecule has 3 N–H and O–H groups in total. The Hall–Kier alpha value is -1.39. The van der Waals surface area contributed by atoms with Gasteiger partial charge in [-0.25, -0.2) is 0 Å². The molecule has 24 heavy (non-hydrogen) atoms. The van der Waals surface area contributed by atoms with E-state index in [1.54, 1.807) is 0 Å². The summed E-state index contributed by atoms with van der Waals surface area (Å²) in [6, 6.07) is 9.40. The molecule has 134 valence electrons. The van der Waals surface area contributed by atoms with Crippen LogP contribution in [-0.4, -0.2) is 24.3 Å². The van der Waals surface area contributed by atoms with Crippen LogP contribution in [0.25, 0.3) is 0 Å². The maximum Gasteiger partial charge on any atom is 0.237 e. The molecule has 0 aromatic heterocycles. The smallest absolute Gasteiger partial charge is 0.237 e. The Morgan fingerprint density at radius 2 is 1.79 bits per heavy atom. The van der Waals surface area contributed by atoms with Crippen LogP contribution >= 0.6 is 12.4 Å². The highest BCUT2D eigenvalue weighted by molar-refractivity contribution is 5.95. The van der Waals surface area contributed by atoms with E-state index in [9.17, 15) is 9.59 Å². The predicted octanol–water partition coefficient (Wildman–Crippen LogP) is 2.98. The molecule has 0 unspecified atom stereocenters. The molecule has 1 fully saturated rings. The molecule has 1 aromatic rings. The normalized spacial score (nSPS) is 18.3. The van der Waals surface area contributed by atoms with Crippen molar-refractivity contribution in [3.05, 3.63) is 35.9 Å². The van der Waals surface area contributed by atoms with Crippen molar-refractivity contribution in [3.63, 3.8) is 0 Å². The standard InChI is InChI=1S/C19H28N2O2.ClH/c1-3-14(2)17(20)18(23)21-13-16(22)19(11-7-8-12-19)15-9-5-4-6-10-15;/h4-6,9-10,14,17H,3,7-8,11-13,20H2,1-2H3,(H,21,23);1H/t14-,17-;/m0./s1. The molecule has 1 aromatic carbocycles. The first-order valence-corrected chi connectivity index (χ1v) is 8.63. The summed E-state index contributed by atoms with van der Waals surface area (Å²) < 4.78 is 0. The number of hydrogen-bond acceptors (Lipinski definition) is 3. The molecular weight excluding hydrogens is 324 g/mol. The van der Waals surface area contributed by atoms with Gasteiger partial charge in [0.1, 0.15) is 0 Å². The second-order valence-electron chi connectivity index (χ2n) is 6.71. The highest BCUT2D eigenvalue weighted by atomic mass is 35.5. The quantitative estimate of drug-likeness (QED) is 0.792. The van der Waals surface area contributed by atoms with Crippen LogP contribution < -0.4 is 11.1 Å². The SMILES string of the molecule is CC[C@H](C)[C@H](N)C(=O)NCC(=O)C1(c2ccccc2)CCCC1.Cl. The summed E-state index contributed by atoms with van der Waals surface area (Å²) in [6.07, 6.45) is 4.69. The van der Waals surface area contributed by atoms with Crippen molar-refractivity contribution in [2.45, 2.75) is 57.4 Å². The number of Topliss-reactive ketones (excluding diaryl/α,β-unsaturated/α-hetero) is 1. The summed E-state index contributed by atoms with van der Waals surface area (Å²) in [5.41, 5.74) is 6.57. The maximum atomic E-state index is 12.9. The van der Waals surface area contributed by atoms with E-state index in [4.69, 9.17) is 5.73 Å². The van der Waals surface area contributed by atoms with Crippen LogP contribution in [0.2, 0.25) is 0 Å². The Balaban J connectivity index is 0.00000288. The van der Waals surface area contributed by atoms with E-state index in [1.165, 1.54) is 0 Å². The summed E-state index contributed by atoms with van der Waals surface area (Å²) in [7, 11) is 0. The lowest BCUT2D eigenvalue weighted by Gasteiger charge is -2.28. The second kappa shape index (κ2) is 9.19. The van der Waals surface area contributed by atoms with Gasteiger partial charge >= 0.3 is 0 Å². The van der Waals surface area contributed by atoms with Crippen LogP contribution in [0.15, 0.2) is 30.3 Å². The predicted molar refractivity (Wildman–Crippen MR) is 99.3 cm³/mol. The Labute approximate surface area is 151 Å². The van der Waals surface area contributed by atoms with Gasteiger partial charge in [0.15, 0.2) is 5.78 Å². The van der Waals surface area contributed by atoms with Crippen LogP contribution in [0, 0.1) is 5.92 Å².